The molecule has 3 aromatic rings. The number of pyridine rings is 1. The maximum atomic E-state index is 4.54. The van der Waals surface area contributed by atoms with E-state index < -0.39 is 0 Å². The minimum Gasteiger partial charge on any atom is -0.372 e. The van der Waals surface area contributed by atoms with Gasteiger partial charge < -0.3 is 9.88 Å². The van der Waals surface area contributed by atoms with Crippen LogP contribution in [0.4, 0.5) is 5.69 Å². The molecule has 1 aliphatic rings. The Labute approximate surface area is 123 Å². The smallest absolute Gasteiger partial charge is 0.178 e. The van der Waals surface area contributed by atoms with E-state index in [-0.39, 0.29) is 0 Å². The van der Waals surface area contributed by atoms with Gasteiger partial charge in [0.25, 0.3) is 0 Å². The summed E-state index contributed by atoms with van der Waals surface area (Å²) >= 11 is 0. The lowest BCUT2D eigenvalue weighted by Gasteiger charge is -2.28. The number of imidazole rings is 1. The second-order valence-electron chi connectivity index (χ2n) is 5.55. The molecule has 0 aliphatic carbocycles. The number of fused-ring (bicyclic) bond motifs is 1. The van der Waals surface area contributed by atoms with Crippen molar-refractivity contribution in [2.75, 3.05) is 18.0 Å². The molecule has 1 aromatic carbocycles. The molecule has 0 spiro atoms. The van der Waals surface area contributed by atoms with E-state index in [4.69, 9.17) is 0 Å². The first-order chi connectivity index (χ1) is 10.4. The van der Waals surface area contributed by atoms with Crippen LogP contribution in [0.5, 0.6) is 0 Å². The van der Waals surface area contributed by atoms with E-state index in [2.05, 4.69) is 44.1 Å². The van der Waals surface area contributed by atoms with Crippen LogP contribution in [0.15, 0.2) is 42.6 Å². The third kappa shape index (κ3) is 2.37. The Morgan fingerprint density at radius 1 is 0.952 bits per heavy atom. The van der Waals surface area contributed by atoms with Crippen molar-refractivity contribution in [2.24, 2.45) is 0 Å². The Balaban J connectivity index is 1.63. The summed E-state index contributed by atoms with van der Waals surface area (Å²) in [5.41, 5.74) is 4.17. The molecule has 4 heteroatoms. The van der Waals surface area contributed by atoms with Crippen molar-refractivity contribution < 1.29 is 0 Å². The summed E-state index contributed by atoms with van der Waals surface area (Å²) in [6.45, 7) is 2.35. The summed E-state index contributed by atoms with van der Waals surface area (Å²) in [7, 11) is 0. The van der Waals surface area contributed by atoms with Gasteiger partial charge in [-0.2, -0.15) is 0 Å². The van der Waals surface area contributed by atoms with Crippen LogP contribution in [0.3, 0.4) is 0 Å². The lowest BCUT2D eigenvalue weighted by atomic mass is 10.1. The quantitative estimate of drug-likeness (QED) is 0.778. The molecule has 4 nitrogen and oxygen atoms in total. The Kier molecular flexibility index (Phi) is 3.07. The molecule has 0 saturated carbocycles. The van der Waals surface area contributed by atoms with Gasteiger partial charge in [0.1, 0.15) is 5.82 Å². The molecule has 1 N–H and O–H groups in total. The number of benzene rings is 1. The second kappa shape index (κ2) is 5.20. The van der Waals surface area contributed by atoms with Crippen molar-refractivity contribution in [1.29, 1.82) is 0 Å². The lowest BCUT2D eigenvalue weighted by Crippen LogP contribution is -2.29. The number of hydrogen-bond donors (Lipinski definition) is 1. The molecule has 0 atom stereocenters. The van der Waals surface area contributed by atoms with Crippen LogP contribution < -0.4 is 4.90 Å². The van der Waals surface area contributed by atoms with Crippen molar-refractivity contribution in [3.8, 4) is 11.4 Å². The van der Waals surface area contributed by atoms with Crippen LogP contribution in [0.1, 0.15) is 19.3 Å². The van der Waals surface area contributed by atoms with Gasteiger partial charge in [-0.15, -0.1) is 0 Å². The van der Waals surface area contributed by atoms with E-state index in [1.807, 2.05) is 12.1 Å². The van der Waals surface area contributed by atoms with E-state index >= 15 is 0 Å². The van der Waals surface area contributed by atoms with Gasteiger partial charge in [0.05, 0.1) is 5.52 Å². The van der Waals surface area contributed by atoms with E-state index in [9.17, 15) is 0 Å². The summed E-state index contributed by atoms with van der Waals surface area (Å²) in [5, 5.41) is 0. The topological polar surface area (TPSA) is 44.8 Å². The van der Waals surface area contributed by atoms with Gasteiger partial charge in [-0.25, -0.2) is 9.97 Å². The zero-order chi connectivity index (χ0) is 14.1. The Bertz CT molecular complexity index is 706. The molecular weight excluding hydrogens is 260 g/mol. The zero-order valence-corrected chi connectivity index (χ0v) is 11.9. The van der Waals surface area contributed by atoms with Gasteiger partial charge in [0, 0.05) is 30.5 Å². The average Bonchev–Trinajstić information content (AvgIpc) is 3.00. The molecule has 2 aromatic heterocycles. The van der Waals surface area contributed by atoms with Crippen LogP contribution in [-0.4, -0.2) is 28.0 Å². The number of rotatable bonds is 2. The van der Waals surface area contributed by atoms with Crippen LogP contribution >= 0.6 is 0 Å². The van der Waals surface area contributed by atoms with Crippen LogP contribution in [-0.2, 0) is 0 Å². The fourth-order valence-corrected chi connectivity index (χ4v) is 2.96. The number of hydrogen-bond acceptors (Lipinski definition) is 3. The first-order valence-corrected chi connectivity index (χ1v) is 7.56. The van der Waals surface area contributed by atoms with Gasteiger partial charge in [-0.3, -0.25) is 0 Å². The number of H-pyrrole nitrogens is 1. The van der Waals surface area contributed by atoms with E-state index in [0.29, 0.717) is 0 Å². The summed E-state index contributed by atoms with van der Waals surface area (Å²) in [6, 6.07) is 12.6. The van der Waals surface area contributed by atoms with Crippen molar-refractivity contribution in [1.82, 2.24) is 15.0 Å². The van der Waals surface area contributed by atoms with Crippen molar-refractivity contribution in [2.45, 2.75) is 19.3 Å². The third-order valence-electron chi connectivity index (χ3n) is 4.12. The summed E-state index contributed by atoms with van der Waals surface area (Å²) < 4.78 is 0. The standard InChI is InChI=1S/C17H18N4/c1-2-11-21(12-3-1)14-8-6-13(7-9-14)16-19-15-5-4-10-18-17(15)20-16/h4-10H,1-3,11-12H2,(H,18,19,20). The largest absolute Gasteiger partial charge is 0.372 e. The predicted molar refractivity (Wildman–Crippen MR) is 85.4 cm³/mol. The van der Waals surface area contributed by atoms with E-state index in [0.717, 1.165) is 22.6 Å². The molecule has 106 valence electrons. The molecule has 0 unspecified atom stereocenters. The van der Waals surface area contributed by atoms with Crippen molar-refractivity contribution in [3.63, 3.8) is 0 Å². The first-order valence-electron chi connectivity index (χ1n) is 7.56. The monoisotopic (exact) mass is 278 g/mol. The first kappa shape index (κ1) is 12.4. The number of nitrogens with one attached hydrogen (secondary N) is 1. The SMILES string of the molecule is c1cnc2nc(-c3ccc(N4CCCCC4)cc3)[nH]c2c1. The number of piperidine rings is 1. The molecule has 1 aliphatic heterocycles. The predicted octanol–water partition coefficient (Wildman–Crippen LogP) is 3.62. The van der Waals surface area contributed by atoms with E-state index in [1.165, 1.54) is 38.0 Å². The molecular formula is C17H18N4. The third-order valence-corrected chi connectivity index (χ3v) is 4.12. The fourth-order valence-electron chi connectivity index (χ4n) is 2.96. The molecule has 0 radical (unpaired) electrons. The maximum absolute atomic E-state index is 4.54. The number of aromatic amines is 1. The molecule has 0 amide bonds. The molecule has 4 rings (SSSR count). The lowest BCUT2D eigenvalue weighted by molar-refractivity contribution is 0.578. The number of nitrogens with zero attached hydrogens (tertiary/aromatic N) is 3. The van der Waals surface area contributed by atoms with Gasteiger partial charge in [0.15, 0.2) is 5.65 Å². The van der Waals surface area contributed by atoms with Gasteiger partial charge in [0.2, 0.25) is 0 Å². The van der Waals surface area contributed by atoms with Gasteiger partial charge >= 0.3 is 0 Å². The summed E-state index contributed by atoms with van der Waals surface area (Å²) in [6.07, 6.45) is 5.74. The minimum atomic E-state index is 0.771. The Hall–Kier alpha value is -2.36. The van der Waals surface area contributed by atoms with Crippen LogP contribution in [0.25, 0.3) is 22.6 Å². The average molecular weight is 278 g/mol. The number of anilines is 1. The van der Waals surface area contributed by atoms with Crippen LogP contribution in [0.2, 0.25) is 0 Å². The van der Waals surface area contributed by atoms with Gasteiger partial charge in [-0.05, 0) is 55.7 Å². The summed E-state index contributed by atoms with van der Waals surface area (Å²) in [4.78, 5) is 14.6. The molecule has 0 bridgehead atoms. The van der Waals surface area contributed by atoms with E-state index in [1.54, 1.807) is 6.20 Å². The highest BCUT2D eigenvalue weighted by molar-refractivity contribution is 5.76. The molecule has 21 heavy (non-hydrogen) atoms. The van der Waals surface area contributed by atoms with Crippen molar-refractivity contribution in [3.05, 3.63) is 42.6 Å². The molecule has 1 fully saturated rings. The van der Waals surface area contributed by atoms with Gasteiger partial charge in [-0.1, -0.05) is 0 Å². The summed E-state index contributed by atoms with van der Waals surface area (Å²) in [5.74, 6) is 0.883. The maximum Gasteiger partial charge on any atom is 0.178 e. The minimum absolute atomic E-state index is 0.771. The Morgan fingerprint density at radius 2 is 1.76 bits per heavy atom. The molecule has 1 saturated heterocycles. The second-order valence-corrected chi connectivity index (χ2v) is 5.55. The molecule has 3 heterocycles. The highest BCUT2D eigenvalue weighted by Gasteiger charge is 2.11. The highest BCUT2D eigenvalue weighted by Crippen LogP contribution is 2.24. The Morgan fingerprint density at radius 3 is 2.52 bits per heavy atom. The fraction of sp³-hybridized carbons (Fsp3) is 0.294. The highest BCUT2D eigenvalue weighted by atomic mass is 15.1. The van der Waals surface area contributed by atoms with Crippen molar-refractivity contribution >= 4 is 16.9 Å². The van der Waals surface area contributed by atoms with Crippen LogP contribution in [0, 0.1) is 0 Å². The zero-order valence-electron chi connectivity index (χ0n) is 11.9. The normalized spacial score (nSPS) is 15.5. The number of aromatic nitrogens is 3.